The van der Waals surface area contributed by atoms with Crippen molar-refractivity contribution >= 4 is 29.3 Å². The summed E-state index contributed by atoms with van der Waals surface area (Å²) in [4.78, 5) is 46.9. The van der Waals surface area contributed by atoms with E-state index in [0.29, 0.717) is 29.1 Å². The largest absolute Gasteiger partial charge is 0.497 e. The van der Waals surface area contributed by atoms with E-state index >= 15 is 0 Å². The number of halogens is 1. The Labute approximate surface area is 248 Å². The van der Waals surface area contributed by atoms with Crippen molar-refractivity contribution in [1.29, 1.82) is 5.26 Å². The van der Waals surface area contributed by atoms with E-state index in [1.54, 1.807) is 51.3 Å². The number of methoxy groups -OCH3 is 1. The van der Waals surface area contributed by atoms with Crippen LogP contribution in [0.1, 0.15) is 63.6 Å². The number of nitrogens with zero attached hydrogens (tertiary/aromatic N) is 3. The summed E-state index contributed by atoms with van der Waals surface area (Å²) in [6.07, 6.45) is 2.91. The molecule has 4 aromatic rings. The van der Waals surface area contributed by atoms with E-state index in [4.69, 9.17) is 21.6 Å². The van der Waals surface area contributed by atoms with Crippen LogP contribution in [0.5, 0.6) is 5.75 Å². The first-order valence-corrected chi connectivity index (χ1v) is 13.6. The average Bonchev–Trinajstić information content (AvgIpc) is 2.95. The molecule has 0 bridgehead atoms. The highest BCUT2D eigenvalue weighted by molar-refractivity contribution is 6.29. The van der Waals surface area contributed by atoms with E-state index in [-0.39, 0.29) is 28.9 Å². The van der Waals surface area contributed by atoms with Gasteiger partial charge in [0.25, 0.3) is 5.56 Å². The number of H-pyrrole nitrogens is 1. The van der Waals surface area contributed by atoms with Crippen molar-refractivity contribution in [2.45, 2.75) is 39.8 Å². The lowest BCUT2D eigenvalue weighted by Gasteiger charge is -2.18. The highest BCUT2D eigenvalue weighted by Crippen LogP contribution is 2.23. The van der Waals surface area contributed by atoms with Crippen LogP contribution >= 0.6 is 11.6 Å². The summed E-state index contributed by atoms with van der Waals surface area (Å²) in [7, 11) is 1.61. The van der Waals surface area contributed by atoms with Crippen molar-refractivity contribution in [3.63, 3.8) is 0 Å². The maximum absolute atomic E-state index is 14.0. The first-order valence-electron chi connectivity index (χ1n) is 13.2. The van der Waals surface area contributed by atoms with E-state index in [2.05, 4.69) is 15.3 Å². The van der Waals surface area contributed by atoms with Crippen molar-refractivity contribution in [3.8, 4) is 11.8 Å². The Bertz CT molecular complexity index is 1820. The molecular weight excluding hydrogens is 554 g/mol. The molecule has 0 saturated carbocycles. The normalized spacial score (nSPS) is 11.1. The Kier molecular flexibility index (Phi) is 9.40. The number of hydrogen-bond acceptors (Lipinski definition) is 7. The summed E-state index contributed by atoms with van der Waals surface area (Å²) in [6, 6.07) is 18.0. The third-order valence-electron chi connectivity index (χ3n) is 6.57. The fourth-order valence-electron chi connectivity index (χ4n) is 4.68. The number of benzene rings is 2. The summed E-state index contributed by atoms with van der Waals surface area (Å²) < 4.78 is 6.47. The quantitative estimate of drug-likeness (QED) is 0.144. The Balaban J connectivity index is 1.76. The van der Waals surface area contributed by atoms with E-state index < -0.39 is 17.0 Å². The molecular formula is C32H30ClN5O4. The van der Waals surface area contributed by atoms with Crippen molar-refractivity contribution in [2.24, 2.45) is 0 Å². The second kappa shape index (κ2) is 13.1. The molecule has 0 aliphatic carbocycles. The summed E-state index contributed by atoms with van der Waals surface area (Å²) >= 11 is 6.35. The number of nitrogens with one attached hydrogen (secondary N) is 2. The lowest BCUT2D eigenvalue weighted by atomic mass is 9.95. The minimum Gasteiger partial charge on any atom is -0.497 e. The molecule has 9 nitrogen and oxygen atoms in total. The van der Waals surface area contributed by atoms with E-state index in [0.717, 1.165) is 16.9 Å². The van der Waals surface area contributed by atoms with Gasteiger partial charge in [0.2, 0.25) is 5.78 Å². The second-order valence-electron chi connectivity index (χ2n) is 10.1. The van der Waals surface area contributed by atoms with Crippen LogP contribution in [0.15, 0.2) is 70.3 Å². The summed E-state index contributed by atoms with van der Waals surface area (Å²) in [6.45, 7) is 5.83. The van der Waals surface area contributed by atoms with Gasteiger partial charge < -0.3 is 10.1 Å². The monoisotopic (exact) mass is 583 g/mol. The summed E-state index contributed by atoms with van der Waals surface area (Å²) in [5.41, 5.74) is 2.21. The van der Waals surface area contributed by atoms with Crippen LogP contribution in [0.2, 0.25) is 5.15 Å². The lowest BCUT2D eigenvalue weighted by Crippen LogP contribution is -2.38. The Morgan fingerprint density at radius 2 is 1.88 bits per heavy atom. The van der Waals surface area contributed by atoms with Crippen molar-refractivity contribution in [2.75, 3.05) is 12.4 Å². The summed E-state index contributed by atoms with van der Waals surface area (Å²) in [5.74, 6) is 0.399. The maximum Gasteiger partial charge on any atom is 0.329 e. The highest BCUT2D eigenvalue weighted by Gasteiger charge is 2.25. The zero-order valence-corrected chi connectivity index (χ0v) is 24.5. The number of rotatable bonds is 10. The third-order valence-corrected chi connectivity index (χ3v) is 6.76. The number of aryl methyl sites for hydroxylation is 1. The lowest BCUT2D eigenvalue weighted by molar-refractivity contribution is 0.102. The first kappa shape index (κ1) is 30.0. The minimum absolute atomic E-state index is 0.000222. The van der Waals surface area contributed by atoms with Crippen LogP contribution in [0.3, 0.4) is 0 Å². The molecule has 0 unspecified atom stereocenters. The SMILES string of the molecule is COc1ccc(CNc2cc(Cn3c(C(=O)c4cc(C)cc(/C=C/C#N)c4)c(C(C)C)c(=O)[nH]c3=O)cc(Cl)n2)cc1. The molecule has 0 amide bonds. The van der Waals surface area contributed by atoms with Crippen LogP contribution in [0, 0.1) is 18.3 Å². The van der Waals surface area contributed by atoms with Crippen LogP contribution in [0.25, 0.3) is 6.08 Å². The predicted molar refractivity (Wildman–Crippen MR) is 163 cm³/mol. The number of ketones is 1. The van der Waals surface area contributed by atoms with Crippen molar-refractivity contribution < 1.29 is 9.53 Å². The fourth-order valence-corrected chi connectivity index (χ4v) is 4.91. The number of anilines is 1. The van der Waals surface area contributed by atoms with Crippen LogP contribution < -0.4 is 21.3 Å². The number of carbonyl (C=O) groups is 1. The predicted octanol–water partition coefficient (Wildman–Crippen LogP) is 5.45. The molecule has 2 aromatic heterocycles. The molecule has 0 aliphatic rings. The number of pyridine rings is 1. The molecule has 0 radical (unpaired) electrons. The van der Waals surface area contributed by atoms with E-state index in [1.807, 2.05) is 43.3 Å². The average molecular weight is 584 g/mol. The van der Waals surface area contributed by atoms with Gasteiger partial charge in [-0.1, -0.05) is 43.6 Å². The van der Waals surface area contributed by atoms with Crippen LogP contribution in [0.4, 0.5) is 5.82 Å². The number of ether oxygens (including phenoxy) is 1. The van der Waals surface area contributed by atoms with Gasteiger partial charge in [-0.25, -0.2) is 9.78 Å². The molecule has 0 spiro atoms. The Morgan fingerprint density at radius 3 is 2.55 bits per heavy atom. The van der Waals surface area contributed by atoms with E-state index in [1.165, 1.54) is 10.6 Å². The number of aromatic nitrogens is 3. The van der Waals surface area contributed by atoms with Gasteiger partial charge in [0.15, 0.2) is 0 Å². The van der Waals surface area contributed by atoms with Crippen molar-refractivity contribution in [1.82, 2.24) is 14.5 Å². The maximum atomic E-state index is 14.0. The first-order chi connectivity index (χ1) is 20.1. The van der Waals surface area contributed by atoms with Crippen LogP contribution in [-0.2, 0) is 13.1 Å². The van der Waals surface area contributed by atoms with Crippen LogP contribution in [-0.4, -0.2) is 27.4 Å². The van der Waals surface area contributed by atoms with Gasteiger partial charge in [-0.05, 0) is 77.6 Å². The van der Waals surface area contributed by atoms with Crippen molar-refractivity contribution in [3.05, 3.63) is 126 Å². The third kappa shape index (κ3) is 7.03. The molecule has 0 atom stereocenters. The minimum atomic E-state index is -0.717. The number of carbonyl (C=O) groups excluding carboxylic acids is 1. The Morgan fingerprint density at radius 1 is 1.14 bits per heavy atom. The number of aromatic amines is 1. The fraction of sp³-hybridized carbons (Fsp3) is 0.219. The zero-order chi connectivity index (χ0) is 30.4. The van der Waals surface area contributed by atoms with Gasteiger partial charge in [0.1, 0.15) is 22.4 Å². The molecule has 2 aromatic carbocycles. The summed E-state index contributed by atoms with van der Waals surface area (Å²) in [5, 5.41) is 12.4. The smallest absolute Gasteiger partial charge is 0.329 e. The molecule has 2 heterocycles. The standard InChI is InChI=1S/C32H30ClN5O4/c1-19(2)28-29(30(39)24-13-20(3)12-22(14-24)6-5-11-34)38(32(41)37-31(28)40)18-23-15-26(33)36-27(16-23)35-17-21-7-9-25(42-4)10-8-21/h5-10,12-16,19H,17-18H2,1-4H3,(H,35,36)(H,37,40,41)/b6-5+. The van der Waals surface area contributed by atoms with Gasteiger partial charge in [0, 0.05) is 23.7 Å². The number of allylic oxidation sites excluding steroid dienone is 1. The van der Waals surface area contributed by atoms with Gasteiger partial charge in [-0.3, -0.25) is 19.1 Å². The Hall–Kier alpha value is -4.94. The topological polar surface area (TPSA) is 130 Å². The van der Waals surface area contributed by atoms with Gasteiger partial charge in [-0.2, -0.15) is 5.26 Å². The molecule has 0 aliphatic heterocycles. The van der Waals surface area contributed by atoms with Gasteiger partial charge in [0.05, 0.1) is 19.7 Å². The number of nitriles is 1. The van der Waals surface area contributed by atoms with E-state index in [9.17, 15) is 14.4 Å². The zero-order valence-electron chi connectivity index (χ0n) is 23.7. The molecule has 4 rings (SSSR count). The molecule has 2 N–H and O–H groups in total. The van der Waals surface area contributed by atoms with Gasteiger partial charge >= 0.3 is 5.69 Å². The second-order valence-corrected chi connectivity index (χ2v) is 10.5. The number of hydrogen-bond donors (Lipinski definition) is 2. The molecule has 0 fully saturated rings. The van der Waals surface area contributed by atoms with Gasteiger partial charge in [-0.15, -0.1) is 0 Å². The molecule has 0 saturated heterocycles. The molecule has 10 heteroatoms. The molecule has 214 valence electrons. The highest BCUT2D eigenvalue weighted by atomic mass is 35.5. The molecule has 42 heavy (non-hydrogen) atoms.